The molecule has 1 amide bonds. The van der Waals surface area contributed by atoms with Crippen molar-refractivity contribution in [3.8, 4) is 0 Å². The highest BCUT2D eigenvalue weighted by molar-refractivity contribution is 5.80. The average Bonchev–Trinajstić information content (AvgIpc) is 3.51. The molecule has 144 valence electrons. The number of para-hydroxylation sites is 1. The molecule has 1 aliphatic carbocycles. The van der Waals surface area contributed by atoms with Gasteiger partial charge in [0.25, 0.3) is 5.56 Å². The number of carbonyl (C=O) groups excluding carboxylic acids is 1. The first kappa shape index (κ1) is 18.2. The van der Waals surface area contributed by atoms with Gasteiger partial charge < -0.3 is 10.2 Å². The highest BCUT2D eigenvalue weighted by Crippen LogP contribution is 2.28. The maximum Gasteiger partial charge on any atom is 0.261 e. The van der Waals surface area contributed by atoms with Crippen LogP contribution in [-0.2, 0) is 11.3 Å². The second kappa shape index (κ2) is 7.80. The van der Waals surface area contributed by atoms with Gasteiger partial charge in [-0.1, -0.05) is 12.1 Å². The molecule has 1 aromatic heterocycles. The fourth-order valence-electron chi connectivity index (χ4n) is 3.86. The summed E-state index contributed by atoms with van der Waals surface area (Å²) in [5.41, 5.74) is 1.66. The minimum Gasteiger partial charge on any atom is -0.343 e. The standard InChI is InChI=1S/C21H28N4O2/c1-15-3-2-4-18-20(15)23-14-25(21(18)27)12-9-19(26)24-10-7-17(8-11-24)22-13-16-5-6-16/h2-4,14,16-17,22H,5-13H2,1H3. The van der Waals surface area contributed by atoms with Crippen molar-refractivity contribution in [2.45, 2.75) is 51.6 Å². The zero-order valence-corrected chi connectivity index (χ0v) is 16.0. The smallest absolute Gasteiger partial charge is 0.261 e. The summed E-state index contributed by atoms with van der Waals surface area (Å²) >= 11 is 0. The van der Waals surface area contributed by atoms with Crippen LogP contribution in [0.4, 0.5) is 0 Å². The molecular weight excluding hydrogens is 340 g/mol. The van der Waals surface area contributed by atoms with Crippen LogP contribution in [0.15, 0.2) is 29.3 Å². The Kier molecular flexibility index (Phi) is 5.25. The van der Waals surface area contributed by atoms with Crippen LogP contribution in [-0.4, -0.2) is 46.0 Å². The van der Waals surface area contributed by atoms with Gasteiger partial charge in [-0.2, -0.15) is 0 Å². The summed E-state index contributed by atoms with van der Waals surface area (Å²) in [6.07, 6.45) is 6.70. The second-order valence-corrected chi connectivity index (χ2v) is 7.97. The Hall–Kier alpha value is -2.21. The molecule has 2 fully saturated rings. The van der Waals surface area contributed by atoms with Crippen LogP contribution in [0.1, 0.15) is 37.7 Å². The Morgan fingerprint density at radius 1 is 1.22 bits per heavy atom. The third-order valence-electron chi connectivity index (χ3n) is 5.86. The summed E-state index contributed by atoms with van der Waals surface area (Å²) in [5, 5.41) is 4.26. The molecule has 1 saturated heterocycles. The number of nitrogens with one attached hydrogen (secondary N) is 1. The number of hydrogen-bond donors (Lipinski definition) is 1. The molecule has 4 rings (SSSR count). The van der Waals surface area contributed by atoms with Gasteiger partial charge >= 0.3 is 0 Å². The molecule has 1 aliphatic heterocycles. The highest BCUT2D eigenvalue weighted by atomic mass is 16.2. The van der Waals surface area contributed by atoms with Crippen molar-refractivity contribution in [2.24, 2.45) is 5.92 Å². The molecule has 1 aromatic carbocycles. The average molecular weight is 368 g/mol. The summed E-state index contributed by atoms with van der Waals surface area (Å²) in [4.78, 5) is 31.5. The van der Waals surface area contributed by atoms with Gasteiger partial charge in [0.2, 0.25) is 5.91 Å². The van der Waals surface area contributed by atoms with Gasteiger partial charge in [0.05, 0.1) is 17.2 Å². The monoisotopic (exact) mass is 368 g/mol. The SMILES string of the molecule is Cc1cccc2c(=O)n(CCC(=O)N3CCC(NCC4CC4)CC3)cnc12. The van der Waals surface area contributed by atoms with E-state index in [4.69, 9.17) is 0 Å². The number of carbonyl (C=O) groups is 1. The lowest BCUT2D eigenvalue weighted by atomic mass is 10.0. The predicted molar refractivity (Wildman–Crippen MR) is 106 cm³/mol. The van der Waals surface area contributed by atoms with Crippen molar-refractivity contribution in [1.82, 2.24) is 19.8 Å². The lowest BCUT2D eigenvalue weighted by Gasteiger charge is -2.32. The molecule has 0 bridgehead atoms. The Morgan fingerprint density at radius 2 is 2.00 bits per heavy atom. The van der Waals surface area contributed by atoms with Crippen LogP contribution >= 0.6 is 0 Å². The molecule has 0 atom stereocenters. The van der Waals surface area contributed by atoms with E-state index >= 15 is 0 Å². The molecule has 0 unspecified atom stereocenters. The zero-order valence-electron chi connectivity index (χ0n) is 16.0. The third kappa shape index (κ3) is 4.21. The van der Waals surface area contributed by atoms with Crippen molar-refractivity contribution in [1.29, 1.82) is 0 Å². The van der Waals surface area contributed by atoms with E-state index in [-0.39, 0.29) is 11.5 Å². The molecule has 1 saturated carbocycles. The minimum absolute atomic E-state index is 0.0699. The van der Waals surface area contributed by atoms with Crippen molar-refractivity contribution in [2.75, 3.05) is 19.6 Å². The highest BCUT2D eigenvalue weighted by Gasteiger charge is 2.25. The van der Waals surface area contributed by atoms with Gasteiger partial charge in [0, 0.05) is 32.1 Å². The van der Waals surface area contributed by atoms with Crippen LogP contribution < -0.4 is 10.9 Å². The molecule has 0 spiro atoms. The summed E-state index contributed by atoms with van der Waals surface area (Å²) in [6.45, 7) is 5.09. The van der Waals surface area contributed by atoms with E-state index < -0.39 is 0 Å². The van der Waals surface area contributed by atoms with Crippen molar-refractivity contribution >= 4 is 16.8 Å². The third-order valence-corrected chi connectivity index (χ3v) is 5.86. The van der Waals surface area contributed by atoms with Crippen molar-refractivity contribution in [3.63, 3.8) is 0 Å². The Balaban J connectivity index is 1.31. The van der Waals surface area contributed by atoms with Crippen LogP contribution in [0.5, 0.6) is 0 Å². The Morgan fingerprint density at radius 3 is 2.74 bits per heavy atom. The molecule has 1 N–H and O–H groups in total. The predicted octanol–water partition coefficient (Wildman–Crippen LogP) is 2.09. The van der Waals surface area contributed by atoms with E-state index in [0.717, 1.165) is 49.5 Å². The first-order valence-corrected chi connectivity index (χ1v) is 10.1. The van der Waals surface area contributed by atoms with Crippen molar-refractivity contribution < 1.29 is 4.79 Å². The maximum absolute atomic E-state index is 12.6. The minimum atomic E-state index is -0.0699. The van der Waals surface area contributed by atoms with Crippen LogP contribution in [0.2, 0.25) is 0 Å². The molecule has 2 aromatic rings. The summed E-state index contributed by atoms with van der Waals surface area (Å²) in [5.74, 6) is 1.02. The number of amides is 1. The second-order valence-electron chi connectivity index (χ2n) is 7.97. The van der Waals surface area contributed by atoms with Crippen LogP contribution in [0.25, 0.3) is 10.9 Å². The number of aromatic nitrogens is 2. The van der Waals surface area contributed by atoms with E-state index in [1.54, 1.807) is 17.0 Å². The largest absolute Gasteiger partial charge is 0.343 e. The molecule has 0 radical (unpaired) electrons. The Bertz CT molecular complexity index is 879. The first-order valence-electron chi connectivity index (χ1n) is 10.1. The van der Waals surface area contributed by atoms with E-state index in [9.17, 15) is 9.59 Å². The molecule has 2 heterocycles. The fourth-order valence-corrected chi connectivity index (χ4v) is 3.86. The molecule has 6 heteroatoms. The molecule has 6 nitrogen and oxygen atoms in total. The van der Waals surface area contributed by atoms with Gasteiger partial charge in [-0.05, 0) is 56.7 Å². The summed E-state index contributed by atoms with van der Waals surface area (Å²) in [6, 6.07) is 6.17. The van der Waals surface area contributed by atoms with E-state index in [1.165, 1.54) is 12.8 Å². The first-order chi connectivity index (χ1) is 13.1. The zero-order chi connectivity index (χ0) is 18.8. The van der Waals surface area contributed by atoms with Gasteiger partial charge in [-0.3, -0.25) is 14.2 Å². The number of rotatable bonds is 6. The van der Waals surface area contributed by atoms with Crippen LogP contribution in [0.3, 0.4) is 0 Å². The fraction of sp³-hybridized carbons (Fsp3) is 0.571. The Labute approximate surface area is 159 Å². The molecular formula is C21H28N4O2. The number of benzene rings is 1. The van der Waals surface area contributed by atoms with E-state index in [2.05, 4.69) is 10.3 Å². The van der Waals surface area contributed by atoms with Gasteiger partial charge in [0.15, 0.2) is 0 Å². The lowest BCUT2D eigenvalue weighted by Crippen LogP contribution is -2.45. The number of piperidine rings is 1. The van der Waals surface area contributed by atoms with E-state index in [0.29, 0.717) is 24.4 Å². The maximum atomic E-state index is 12.6. The van der Waals surface area contributed by atoms with Crippen molar-refractivity contribution in [3.05, 3.63) is 40.4 Å². The lowest BCUT2D eigenvalue weighted by molar-refractivity contribution is -0.132. The van der Waals surface area contributed by atoms with Gasteiger partial charge in [-0.15, -0.1) is 0 Å². The van der Waals surface area contributed by atoms with Gasteiger partial charge in [-0.25, -0.2) is 4.98 Å². The molecule has 27 heavy (non-hydrogen) atoms. The van der Waals surface area contributed by atoms with Crippen LogP contribution in [0, 0.1) is 12.8 Å². The number of hydrogen-bond acceptors (Lipinski definition) is 4. The number of nitrogens with zero attached hydrogens (tertiary/aromatic N) is 3. The normalized spacial score (nSPS) is 18.2. The molecule has 2 aliphatic rings. The number of aryl methyl sites for hydroxylation is 2. The summed E-state index contributed by atoms with van der Waals surface area (Å²) in [7, 11) is 0. The number of likely N-dealkylation sites (tertiary alicyclic amines) is 1. The topological polar surface area (TPSA) is 67.2 Å². The van der Waals surface area contributed by atoms with Gasteiger partial charge in [0.1, 0.15) is 0 Å². The summed E-state index contributed by atoms with van der Waals surface area (Å²) < 4.78 is 1.56. The quantitative estimate of drug-likeness (QED) is 0.848. The van der Waals surface area contributed by atoms with E-state index in [1.807, 2.05) is 24.0 Å². The number of fused-ring (bicyclic) bond motifs is 1.